The van der Waals surface area contributed by atoms with Gasteiger partial charge in [-0.1, -0.05) is 17.7 Å². The molecule has 18 heavy (non-hydrogen) atoms. The number of halogens is 1. The van der Waals surface area contributed by atoms with Crippen molar-refractivity contribution in [1.29, 1.82) is 0 Å². The topological polar surface area (TPSA) is 83.3 Å². The van der Waals surface area contributed by atoms with Gasteiger partial charge in [0, 0.05) is 26.8 Å². The molecule has 98 valence electrons. The van der Waals surface area contributed by atoms with Crippen molar-refractivity contribution in [2.75, 3.05) is 14.1 Å². The molecule has 0 aliphatic rings. The molecule has 2 N–H and O–H groups in total. The van der Waals surface area contributed by atoms with Crippen LogP contribution in [0.1, 0.15) is 5.56 Å². The molecule has 0 unspecified atom stereocenters. The SMILES string of the molecule is CN(C)N/C(=C/[N+](=O)[O-])NCc1ccc(Cl)nc1. The van der Waals surface area contributed by atoms with E-state index in [-0.39, 0.29) is 0 Å². The highest BCUT2D eigenvalue weighted by atomic mass is 35.5. The Morgan fingerprint density at radius 1 is 1.61 bits per heavy atom. The van der Waals surface area contributed by atoms with E-state index in [2.05, 4.69) is 15.7 Å². The van der Waals surface area contributed by atoms with Crippen LogP contribution in [0, 0.1) is 10.1 Å². The van der Waals surface area contributed by atoms with Crippen molar-refractivity contribution in [1.82, 2.24) is 20.7 Å². The normalized spacial score (nSPS) is 11.4. The summed E-state index contributed by atoms with van der Waals surface area (Å²) in [4.78, 5) is 13.8. The Hall–Kier alpha value is -1.86. The number of nitro groups is 1. The largest absolute Gasteiger partial charge is 0.362 e. The number of nitrogens with zero attached hydrogens (tertiary/aromatic N) is 3. The molecule has 0 spiro atoms. The van der Waals surface area contributed by atoms with E-state index in [0.717, 1.165) is 11.8 Å². The summed E-state index contributed by atoms with van der Waals surface area (Å²) in [6.07, 6.45) is 2.47. The predicted octanol–water partition coefficient (Wildman–Crippen LogP) is 0.966. The van der Waals surface area contributed by atoms with Gasteiger partial charge in [0.1, 0.15) is 5.15 Å². The second kappa shape index (κ2) is 6.77. The van der Waals surface area contributed by atoms with Crippen molar-refractivity contribution < 1.29 is 4.92 Å². The summed E-state index contributed by atoms with van der Waals surface area (Å²) < 4.78 is 0. The maximum atomic E-state index is 10.4. The molecule has 0 fully saturated rings. The summed E-state index contributed by atoms with van der Waals surface area (Å²) >= 11 is 5.66. The van der Waals surface area contributed by atoms with Crippen LogP contribution in [-0.2, 0) is 6.54 Å². The summed E-state index contributed by atoms with van der Waals surface area (Å²) in [5.74, 6) is 0.292. The van der Waals surface area contributed by atoms with Crippen molar-refractivity contribution in [3.05, 3.63) is 51.2 Å². The summed E-state index contributed by atoms with van der Waals surface area (Å²) in [6.45, 7) is 0.407. The van der Waals surface area contributed by atoms with Gasteiger partial charge in [-0.15, -0.1) is 0 Å². The van der Waals surface area contributed by atoms with E-state index in [9.17, 15) is 10.1 Å². The highest BCUT2D eigenvalue weighted by molar-refractivity contribution is 6.29. The lowest BCUT2D eigenvalue weighted by molar-refractivity contribution is -0.404. The highest BCUT2D eigenvalue weighted by Crippen LogP contribution is 2.05. The molecule has 0 saturated heterocycles. The standard InChI is InChI=1S/C10H14ClN5O2/c1-15(2)14-10(7-16(17)18)13-6-8-3-4-9(11)12-5-8/h3-5,7,13-14H,6H2,1-2H3/b10-7+. The molecule has 0 bridgehead atoms. The van der Waals surface area contributed by atoms with Crippen molar-refractivity contribution in [2.24, 2.45) is 0 Å². The van der Waals surface area contributed by atoms with Gasteiger partial charge in [-0.3, -0.25) is 10.1 Å². The smallest absolute Gasteiger partial charge is 0.275 e. The number of hydrazine groups is 1. The van der Waals surface area contributed by atoms with E-state index in [1.54, 1.807) is 37.4 Å². The third-order valence-electron chi connectivity index (χ3n) is 1.85. The fraction of sp³-hybridized carbons (Fsp3) is 0.300. The van der Waals surface area contributed by atoms with Gasteiger partial charge in [0.2, 0.25) is 0 Å². The van der Waals surface area contributed by atoms with E-state index >= 15 is 0 Å². The van der Waals surface area contributed by atoms with Crippen LogP contribution in [0.4, 0.5) is 0 Å². The maximum absolute atomic E-state index is 10.4. The summed E-state index contributed by atoms with van der Waals surface area (Å²) in [5.41, 5.74) is 3.66. The van der Waals surface area contributed by atoms with Crippen LogP contribution in [0.3, 0.4) is 0 Å². The van der Waals surface area contributed by atoms with Gasteiger partial charge in [0.15, 0.2) is 5.82 Å². The van der Waals surface area contributed by atoms with Crippen molar-refractivity contribution >= 4 is 11.6 Å². The molecule has 1 heterocycles. The molecular weight excluding hydrogens is 258 g/mol. The number of hydrogen-bond donors (Lipinski definition) is 2. The molecule has 0 radical (unpaired) electrons. The molecule has 0 atom stereocenters. The van der Waals surface area contributed by atoms with Crippen molar-refractivity contribution in [3.8, 4) is 0 Å². The van der Waals surface area contributed by atoms with E-state index in [1.165, 1.54) is 0 Å². The average molecular weight is 272 g/mol. The summed E-state index contributed by atoms with van der Waals surface area (Å²) in [5, 5.41) is 15.4. The van der Waals surface area contributed by atoms with Crippen LogP contribution < -0.4 is 10.7 Å². The second-order valence-corrected chi connectivity index (χ2v) is 4.06. The first-order valence-electron chi connectivity index (χ1n) is 5.11. The zero-order valence-corrected chi connectivity index (χ0v) is 10.8. The minimum absolute atomic E-state index is 0.292. The maximum Gasteiger partial charge on any atom is 0.275 e. The van der Waals surface area contributed by atoms with Gasteiger partial charge in [-0.25, -0.2) is 9.99 Å². The number of rotatable bonds is 6. The molecule has 0 aromatic carbocycles. The molecule has 0 amide bonds. The Morgan fingerprint density at radius 2 is 2.33 bits per heavy atom. The molecule has 1 aromatic heterocycles. The van der Waals surface area contributed by atoms with E-state index in [4.69, 9.17) is 11.6 Å². The van der Waals surface area contributed by atoms with Gasteiger partial charge in [0.05, 0.1) is 4.92 Å². The van der Waals surface area contributed by atoms with Gasteiger partial charge in [-0.05, 0) is 11.6 Å². The number of hydrogen-bond acceptors (Lipinski definition) is 6. The van der Waals surface area contributed by atoms with E-state index in [1.807, 2.05) is 0 Å². The minimum atomic E-state index is -0.529. The summed E-state index contributed by atoms with van der Waals surface area (Å²) in [6, 6.07) is 3.45. The molecule has 0 aliphatic heterocycles. The number of nitrogens with one attached hydrogen (secondary N) is 2. The number of aromatic nitrogens is 1. The van der Waals surface area contributed by atoms with E-state index in [0.29, 0.717) is 17.5 Å². The molecular formula is C10H14ClN5O2. The molecule has 7 nitrogen and oxygen atoms in total. The first kappa shape index (κ1) is 14.2. The average Bonchev–Trinajstić information content (AvgIpc) is 2.26. The van der Waals surface area contributed by atoms with Crippen molar-refractivity contribution in [3.63, 3.8) is 0 Å². The van der Waals surface area contributed by atoms with Crippen LogP contribution in [0.2, 0.25) is 5.15 Å². The minimum Gasteiger partial charge on any atom is -0.362 e. The van der Waals surface area contributed by atoms with Gasteiger partial charge in [0.25, 0.3) is 6.20 Å². The third-order valence-corrected chi connectivity index (χ3v) is 2.07. The summed E-state index contributed by atoms with van der Waals surface area (Å²) in [7, 11) is 3.47. The van der Waals surface area contributed by atoms with Crippen LogP contribution in [0.25, 0.3) is 0 Å². The lowest BCUT2D eigenvalue weighted by atomic mass is 10.3. The predicted molar refractivity (Wildman–Crippen MR) is 68.0 cm³/mol. The Kier molecular flexibility index (Phi) is 5.34. The highest BCUT2D eigenvalue weighted by Gasteiger charge is 2.03. The fourth-order valence-corrected chi connectivity index (χ4v) is 1.28. The Morgan fingerprint density at radius 3 is 2.83 bits per heavy atom. The molecule has 1 rings (SSSR count). The Balaban J connectivity index is 2.61. The van der Waals surface area contributed by atoms with Crippen molar-refractivity contribution in [2.45, 2.75) is 6.54 Å². The molecule has 0 saturated carbocycles. The lowest BCUT2D eigenvalue weighted by Crippen LogP contribution is -2.36. The van der Waals surface area contributed by atoms with Crippen LogP contribution in [-0.4, -0.2) is 29.0 Å². The van der Waals surface area contributed by atoms with Gasteiger partial charge >= 0.3 is 0 Å². The number of pyridine rings is 1. The van der Waals surface area contributed by atoms with Gasteiger partial charge < -0.3 is 10.7 Å². The van der Waals surface area contributed by atoms with Crippen LogP contribution in [0.15, 0.2) is 30.4 Å². The first-order chi connectivity index (χ1) is 8.47. The first-order valence-corrected chi connectivity index (χ1v) is 5.49. The quantitative estimate of drug-likeness (QED) is 0.456. The van der Waals surface area contributed by atoms with Crippen LogP contribution in [0.5, 0.6) is 0 Å². The monoisotopic (exact) mass is 271 g/mol. The zero-order valence-electron chi connectivity index (χ0n) is 10.1. The zero-order chi connectivity index (χ0) is 13.5. The second-order valence-electron chi connectivity index (χ2n) is 3.68. The van der Waals surface area contributed by atoms with Crippen LogP contribution >= 0.6 is 11.6 Å². The van der Waals surface area contributed by atoms with E-state index < -0.39 is 4.92 Å². The molecule has 8 heteroatoms. The molecule has 0 aliphatic carbocycles. The third kappa shape index (κ3) is 5.46. The fourth-order valence-electron chi connectivity index (χ4n) is 1.17. The Labute approximate surface area is 110 Å². The lowest BCUT2D eigenvalue weighted by Gasteiger charge is -2.16. The van der Waals surface area contributed by atoms with Gasteiger partial charge in [-0.2, -0.15) is 0 Å². The Bertz CT molecular complexity index is 432. The molecule has 1 aromatic rings.